The molecule has 0 unspecified atom stereocenters. The number of anilines is 2. The first-order valence-corrected chi connectivity index (χ1v) is 14.9. The predicted octanol–water partition coefficient (Wildman–Crippen LogP) is 5.92. The molecule has 6 rings (SSSR count). The highest BCUT2D eigenvalue weighted by Crippen LogP contribution is 2.60. The number of hydrogen-bond acceptors (Lipinski definition) is 7. The first-order chi connectivity index (χ1) is 20.4. The maximum Gasteiger partial charge on any atom is 0.141 e. The fourth-order valence-corrected chi connectivity index (χ4v) is 7.29. The van der Waals surface area contributed by atoms with Crippen LogP contribution >= 0.6 is 12.2 Å². The van der Waals surface area contributed by atoms with Crippen molar-refractivity contribution in [1.82, 2.24) is 4.90 Å². The Kier molecular flexibility index (Phi) is 7.12. The Morgan fingerprint density at radius 1 is 0.857 bits per heavy atom. The Hall–Kier alpha value is -4.40. The Bertz CT molecular complexity index is 1620. The molecule has 0 aromatic heterocycles. The highest BCUT2D eigenvalue weighted by molar-refractivity contribution is 7.80. The first-order valence-electron chi connectivity index (χ1n) is 14.4. The molecular weight excluding hydrogens is 540 g/mol. The van der Waals surface area contributed by atoms with Crippen LogP contribution in [-0.2, 0) is 12.8 Å². The predicted molar refractivity (Wildman–Crippen MR) is 170 cm³/mol. The summed E-state index contributed by atoms with van der Waals surface area (Å²) >= 11 is 6.28. The molecule has 8 heteroatoms. The van der Waals surface area contributed by atoms with Crippen molar-refractivity contribution in [3.05, 3.63) is 89.5 Å². The molecule has 3 aromatic rings. The fourth-order valence-electron chi connectivity index (χ4n) is 6.92. The summed E-state index contributed by atoms with van der Waals surface area (Å²) in [4.78, 5) is 11.9. The van der Waals surface area contributed by atoms with Crippen LogP contribution < -0.4 is 14.5 Å². The molecule has 0 amide bonds. The lowest BCUT2D eigenvalue weighted by atomic mass is 9.53. The maximum absolute atomic E-state index is 11.2. The van der Waals surface area contributed by atoms with E-state index in [1.807, 2.05) is 29.2 Å². The Morgan fingerprint density at radius 3 is 2.00 bits per heavy atom. The van der Waals surface area contributed by atoms with Crippen molar-refractivity contribution in [2.24, 2.45) is 15.8 Å². The largest absolute Gasteiger partial charge is 0.496 e. The molecule has 0 saturated carbocycles. The van der Waals surface area contributed by atoms with Crippen LogP contribution in [0.5, 0.6) is 5.75 Å². The van der Waals surface area contributed by atoms with Gasteiger partial charge in [0.25, 0.3) is 0 Å². The zero-order valence-electron chi connectivity index (χ0n) is 24.2. The van der Waals surface area contributed by atoms with Crippen molar-refractivity contribution in [3.8, 4) is 17.9 Å². The number of nitrogens with zero attached hydrogens (tertiary/aromatic N) is 6. The topological polar surface area (TPSA) is 78.9 Å². The number of aliphatic imine (C=N–C) groups is 1. The lowest BCUT2D eigenvalue weighted by Gasteiger charge is -2.61. The Balaban J connectivity index is 1.53. The van der Waals surface area contributed by atoms with E-state index < -0.39 is 16.7 Å². The molecule has 7 nitrogen and oxygen atoms in total. The minimum atomic E-state index is -1.19. The van der Waals surface area contributed by atoms with Gasteiger partial charge in [0, 0.05) is 35.9 Å². The van der Waals surface area contributed by atoms with Gasteiger partial charge in [0.1, 0.15) is 34.1 Å². The van der Waals surface area contributed by atoms with Crippen LogP contribution in [0.2, 0.25) is 0 Å². The van der Waals surface area contributed by atoms with E-state index in [1.165, 1.54) is 11.1 Å². The average Bonchev–Trinajstić information content (AvgIpc) is 3.06. The summed E-state index contributed by atoms with van der Waals surface area (Å²) in [6.07, 6.45) is 1.91. The molecule has 0 N–H and O–H groups in total. The summed E-state index contributed by atoms with van der Waals surface area (Å²) in [7, 11) is 1.63. The molecule has 2 bridgehead atoms. The van der Waals surface area contributed by atoms with Crippen LogP contribution in [0.25, 0.3) is 0 Å². The lowest BCUT2D eigenvalue weighted by Crippen LogP contribution is -2.73. The molecule has 212 valence electrons. The van der Waals surface area contributed by atoms with Crippen molar-refractivity contribution >= 4 is 34.4 Å². The minimum Gasteiger partial charge on any atom is -0.496 e. The van der Waals surface area contributed by atoms with Gasteiger partial charge in [0.15, 0.2) is 0 Å². The van der Waals surface area contributed by atoms with Crippen LogP contribution in [0.1, 0.15) is 36.5 Å². The van der Waals surface area contributed by atoms with Gasteiger partial charge in [-0.2, -0.15) is 10.5 Å². The summed E-state index contributed by atoms with van der Waals surface area (Å²) in [6.45, 7) is 5.83. The lowest BCUT2D eigenvalue weighted by molar-refractivity contribution is 0.202. The van der Waals surface area contributed by atoms with Gasteiger partial charge in [-0.25, -0.2) is 4.99 Å². The van der Waals surface area contributed by atoms with Gasteiger partial charge in [-0.1, -0.05) is 68.5 Å². The normalized spacial score (nSPS) is 24.8. The third kappa shape index (κ3) is 4.13. The number of amidine groups is 1. The summed E-state index contributed by atoms with van der Waals surface area (Å²) in [5.41, 5.74) is 2.98. The number of fused-ring (bicyclic) bond motifs is 4. The first kappa shape index (κ1) is 27.8. The molecule has 3 atom stereocenters. The van der Waals surface area contributed by atoms with Gasteiger partial charge < -0.3 is 19.4 Å². The molecular formula is C34H34N6OS. The Labute approximate surface area is 253 Å². The van der Waals surface area contributed by atoms with Gasteiger partial charge in [0.05, 0.1) is 25.9 Å². The highest BCUT2D eigenvalue weighted by Gasteiger charge is 2.68. The van der Waals surface area contributed by atoms with E-state index in [4.69, 9.17) is 21.9 Å². The maximum atomic E-state index is 11.2. The summed E-state index contributed by atoms with van der Waals surface area (Å²) < 4.78 is 5.81. The third-order valence-electron chi connectivity index (χ3n) is 9.12. The number of ether oxygens (including phenoxy) is 1. The van der Waals surface area contributed by atoms with Crippen LogP contribution in [0.4, 0.5) is 11.4 Å². The van der Waals surface area contributed by atoms with E-state index in [0.717, 1.165) is 29.8 Å². The highest BCUT2D eigenvalue weighted by atomic mass is 32.1. The SMILES string of the molecule is CCc1ccc(N2CN=C3N(C2)C(=S)[C@@]2(C#N)CN(c4ccc(CC)cc4)C[C@@]3(C#N)[C@@H]2c2ccccc2OC)cc1. The van der Waals surface area contributed by atoms with Crippen LogP contribution in [-0.4, -0.2) is 49.3 Å². The second-order valence-corrected chi connectivity index (χ2v) is 11.7. The molecule has 0 aliphatic carbocycles. The molecule has 2 fully saturated rings. The van der Waals surface area contributed by atoms with Gasteiger partial charge >= 0.3 is 0 Å². The number of piperidine rings is 2. The monoisotopic (exact) mass is 574 g/mol. The standard InChI is InChI=1S/C34H34N6OS/c1-4-24-10-14-26(15-11-24)38-20-33(18-35)30(28-8-6-7-9-29(28)41-3)34(19-36,21-38)32(42)40-23-39(22-37-31(33)40)27-16-12-25(5-2)13-17-27/h6-17,30H,4-5,20-23H2,1-3H3/t30-,33-,34-/m0/s1. The van der Waals surface area contributed by atoms with Gasteiger partial charge in [-0.15, -0.1) is 0 Å². The van der Waals surface area contributed by atoms with Gasteiger partial charge in [-0.3, -0.25) is 0 Å². The quantitative estimate of drug-likeness (QED) is 0.338. The number of thiocarbonyl (C=S) groups is 1. The summed E-state index contributed by atoms with van der Waals surface area (Å²) in [6, 6.07) is 30.0. The minimum absolute atomic E-state index is 0.356. The van der Waals surface area contributed by atoms with E-state index in [0.29, 0.717) is 43.0 Å². The number of aryl methyl sites for hydroxylation is 2. The molecule has 3 heterocycles. The van der Waals surface area contributed by atoms with E-state index in [2.05, 4.69) is 84.3 Å². The number of benzene rings is 3. The molecule has 3 aliphatic rings. The number of rotatable bonds is 6. The van der Waals surface area contributed by atoms with Gasteiger partial charge in [0.2, 0.25) is 0 Å². The fraction of sp³-hybridized carbons (Fsp3) is 0.353. The zero-order chi connectivity index (χ0) is 29.5. The number of methoxy groups -OCH3 is 1. The molecule has 0 radical (unpaired) electrons. The van der Waals surface area contributed by atoms with Gasteiger partial charge in [-0.05, 0) is 54.3 Å². The molecule has 0 spiro atoms. The second kappa shape index (κ2) is 10.8. The van der Waals surface area contributed by atoms with Crippen molar-refractivity contribution in [3.63, 3.8) is 0 Å². The number of para-hydroxylation sites is 1. The second-order valence-electron chi connectivity index (χ2n) is 11.3. The summed E-state index contributed by atoms with van der Waals surface area (Å²) in [5, 5.41) is 22.4. The molecule has 3 aromatic carbocycles. The van der Waals surface area contributed by atoms with Crippen molar-refractivity contribution < 1.29 is 4.74 Å². The Morgan fingerprint density at radius 2 is 1.43 bits per heavy atom. The van der Waals surface area contributed by atoms with Crippen molar-refractivity contribution in [1.29, 1.82) is 10.5 Å². The number of hydrogen-bond donors (Lipinski definition) is 0. The van der Waals surface area contributed by atoms with Crippen LogP contribution in [0.15, 0.2) is 77.8 Å². The van der Waals surface area contributed by atoms with E-state index in [1.54, 1.807) is 7.11 Å². The van der Waals surface area contributed by atoms with Crippen molar-refractivity contribution in [2.75, 3.05) is 43.3 Å². The zero-order valence-corrected chi connectivity index (χ0v) is 25.1. The van der Waals surface area contributed by atoms with E-state index >= 15 is 0 Å². The smallest absolute Gasteiger partial charge is 0.141 e. The molecule has 2 saturated heterocycles. The third-order valence-corrected chi connectivity index (χ3v) is 9.70. The summed E-state index contributed by atoms with van der Waals surface area (Å²) in [5.74, 6) is 0.723. The molecule has 3 aliphatic heterocycles. The average molecular weight is 575 g/mol. The van der Waals surface area contributed by atoms with Crippen LogP contribution in [0.3, 0.4) is 0 Å². The van der Waals surface area contributed by atoms with E-state index in [9.17, 15) is 10.5 Å². The molecule has 42 heavy (non-hydrogen) atoms. The van der Waals surface area contributed by atoms with E-state index in [-0.39, 0.29) is 0 Å². The number of nitriles is 2. The van der Waals surface area contributed by atoms with Crippen LogP contribution in [0, 0.1) is 33.5 Å². The van der Waals surface area contributed by atoms with Crippen molar-refractivity contribution in [2.45, 2.75) is 32.6 Å².